The summed E-state index contributed by atoms with van der Waals surface area (Å²) in [6.07, 6.45) is 6.33. The number of halogens is 1. The zero-order chi connectivity index (χ0) is 26.9. The largest absolute Gasteiger partial charge is 0.497 e. The molecule has 8 nitrogen and oxygen atoms in total. The molecule has 9 heteroatoms. The molecule has 0 fully saturated rings. The zero-order valence-electron chi connectivity index (χ0n) is 21.4. The number of amides is 1. The average Bonchev–Trinajstić information content (AvgIpc) is 3.56. The van der Waals surface area contributed by atoms with Crippen LogP contribution in [0.15, 0.2) is 73.2 Å². The van der Waals surface area contributed by atoms with Crippen LogP contribution >= 0.6 is 0 Å². The van der Waals surface area contributed by atoms with Crippen molar-refractivity contribution < 1.29 is 13.9 Å². The van der Waals surface area contributed by atoms with Crippen LogP contribution in [0.25, 0.3) is 55.6 Å². The van der Waals surface area contributed by atoms with Crippen molar-refractivity contribution in [2.24, 2.45) is 0 Å². The molecule has 0 radical (unpaired) electrons. The lowest BCUT2D eigenvalue weighted by molar-refractivity contribution is -0.116. The van der Waals surface area contributed by atoms with Gasteiger partial charge in [0.1, 0.15) is 11.6 Å². The number of nitrogens with zero attached hydrogens (tertiary/aromatic N) is 3. The molecule has 0 saturated heterocycles. The highest BCUT2D eigenvalue weighted by Crippen LogP contribution is 2.36. The Morgan fingerprint density at radius 3 is 2.72 bits per heavy atom. The minimum absolute atomic E-state index is 0.0444. The van der Waals surface area contributed by atoms with Crippen molar-refractivity contribution in [2.45, 2.75) is 19.8 Å². The maximum absolute atomic E-state index is 14.3. The number of benzene rings is 2. The number of aromatic nitrogens is 5. The summed E-state index contributed by atoms with van der Waals surface area (Å²) < 4.78 is 19.5. The normalized spacial score (nSPS) is 11.3. The number of H-pyrrole nitrogens is 2. The summed E-state index contributed by atoms with van der Waals surface area (Å²) >= 11 is 0. The van der Waals surface area contributed by atoms with Crippen molar-refractivity contribution in [2.75, 3.05) is 12.4 Å². The molecule has 4 aromatic heterocycles. The quantitative estimate of drug-likeness (QED) is 0.216. The molecular weight excluding hydrogens is 495 g/mol. The second-order valence-corrected chi connectivity index (χ2v) is 9.28. The molecule has 0 aliphatic heterocycles. The summed E-state index contributed by atoms with van der Waals surface area (Å²) in [6.45, 7) is 1.96. The fourth-order valence-electron chi connectivity index (χ4n) is 4.76. The number of fused-ring (bicyclic) bond motifs is 2. The van der Waals surface area contributed by atoms with E-state index < -0.39 is 0 Å². The van der Waals surface area contributed by atoms with E-state index in [0.29, 0.717) is 23.5 Å². The molecule has 6 aromatic rings. The number of methoxy groups -OCH3 is 1. The maximum atomic E-state index is 14.3. The topological polar surface area (TPSA) is 109 Å². The van der Waals surface area contributed by atoms with Crippen molar-refractivity contribution in [3.63, 3.8) is 0 Å². The predicted molar refractivity (Wildman–Crippen MR) is 150 cm³/mol. The fourth-order valence-corrected chi connectivity index (χ4v) is 4.76. The van der Waals surface area contributed by atoms with Crippen LogP contribution in [-0.4, -0.2) is 38.2 Å². The Morgan fingerprint density at radius 1 is 1.00 bits per heavy atom. The van der Waals surface area contributed by atoms with Gasteiger partial charge in [-0.25, -0.2) is 9.37 Å². The number of hydrogen-bond donors (Lipinski definition) is 3. The number of pyridine rings is 2. The van der Waals surface area contributed by atoms with Gasteiger partial charge in [0.15, 0.2) is 5.65 Å². The number of aromatic amines is 2. The van der Waals surface area contributed by atoms with Crippen LogP contribution < -0.4 is 10.1 Å². The van der Waals surface area contributed by atoms with Crippen LogP contribution in [0.5, 0.6) is 5.75 Å². The van der Waals surface area contributed by atoms with Gasteiger partial charge >= 0.3 is 0 Å². The molecular formula is C30H25FN6O2. The van der Waals surface area contributed by atoms with Gasteiger partial charge in [0, 0.05) is 52.3 Å². The van der Waals surface area contributed by atoms with Gasteiger partial charge in [-0.1, -0.05) is 19.1 Å². The Morgan fingerprint density at radius 2 is 1.87 bits per heavy atom. The molecule has 0 saturated carbocycles. The highest BCUT2D eigenvalue weighted by molar-refractivity contribution is 6.01. The van der Waals surface area contributed by atoms with E-state index in [4.69, 9.17) is 4.74 Å². The highest BCUT2D eigenvalue weighted by Gasteiger charge is 2.16. The van der Waals surface area contributed by atoms with Gasteiger partial charge in [-0.2, -0.15) is 5.10 Å². The summed E-state index contributed by atoms with van der Waals surface area (Å²) in [5, 5.41) is 12.2. The summed E-state index contributed by atoms with van der Waals surface area (Å²) in [7, 11) is 1.52. The highest BCUT2D eigenvalue weighted by atomic mass is 19.1. The molecule has 0 aliphatic carbocycles. The van der Waals surface area contributed by atoms with Crippen LogP contribution in [0.3, 0.4) is 0 Å². The summed E-state index contributed by atoms with van der Waals surface area (Å²) in [6, 6.07) is 16.4. The van der Waals surface area contributed by atoms with Crippen LogP contribution in [0.1, 0.15) is 19.8 Å². The Bertz CT molecular complexity index is 1840. The molecule has 6 rings (SSSR count). The lowest BCUT2D eigenvalue weighted by atomic mass is 10.0. The smallest absolute Gasteiger partial charge is 0.224 e. The standard InChI is InChI=1S/C30H25FN6O2/c1-3-5-28(38)34-21-9-18(14-32-16-21)19-11-25-29(36-37-30(25)33-15-19)27-13-24-23(6-4-7-26(24)35-27)17-8-20(31)12-22(10-17)39-2/h4,6-16,35H,3,5H2,1-2H3,(H,34,38)(H,33,36,37). The first kappa shape index (κ1) is 24.3. The van der Waals surface area contributed by atoms with E-state index in [0.717, 1.165) is 56.4 Å². The van der Waals surface area contributed by atoms with E-state index in [1.807, 2.05) is 49.4 Å². The lowest BCUT2D eigenvalue weighted by Gasteiger charge is -2.07. The number of hydrogen-bond acceptors (Lipinski definition) is 5. The first-order valence-corrected chi connectivity index (χ1v) is 12.6. The van der Waals surface area contributed by atoms with E-state index in [9.17, 15) is 9.18 Å². The third-order valence-corrected chi connectivity index (χ3v) is 6.59. The van der Waals surface area contributed by atoms with E-state index >= 15 is 0 Å². The van der Waals surface area contributed by atoms with E-state index in [1.165, 1.54) is 19.2 Å². The second kappa shape index (κ2) is 10.0. The number of carbonyl (C=O) groups is 1. The van der Waals surface area contributed by atoms with Crippen LogP contribution in [0, 0.1) is 5.82 Å². The number of ether oxygens (including phenoxy) is 1. The van der Waals surface area contributed by atoms with Crippen molar-refractivity contribution in [1.82, 2.24) is 25.1 Å². The maximum Gasteiger partial charge on any atom is 0.224 e. The van der Waals surface area contributed by atoms with Gasteiger partial charge in [0.05, 0.1) is 30.4 Å². The van der Waals surface area contributed by atoms with Gasteiger partial charge in [0.2, 0.25) is 5.91 Å². The van der Waals surface area contributed by atoms with Gasteiger partial charge in [-0.15, -0.1) is 0 Å². The number of rotatable bonds is 7. The fraction of sp³-hybridized carbons (Fsp3) is 0.133. The SMILES string of the molecule is CCCC(=O)Nc1cncc(-c2cnc3n[nH]c(-c4cc5c(-c6cc(F)cc(OC)c6)cccc5[nH]4)c3c2)c1. The number of carbonyl (C=O) groups excluding carboxylic acids is 1. The Kier molecular flexibility index (Phi) is 6.24. The third kappa shape index (κ3) is 4.70. The van der Waals surface area contributed by atoms with E-state index in [-0.39, 0.29) is 11.7 Å². The molecule has 0 unspecified atom stereocenters. The van der Waals surface area contributed by atoms with Crippen molar-refractivity contribution in [3.05, 3.63) is 79.0 Å². The predicted octanol–water partition coefficient (Wildman–Crippen LogP) is 6.72. The van der Waals surface area contributed by atoms with Crippen molar-refractivity contribution in [1.29, 1.82) is 0 Å². The van der Waals surface area contributed by atoms with Crippen molar-refractivity contribution >= 4 is 33.5 Å². The first-order valence-electron chi connectivity index (χ1n) is 12.6. The van der Waals surface area contributed by atoms with Gasteiger partial charge in [-0.05, 0) is 53.9 Å². The minimum Gasteiger partial charge on any atom is -0.497 e. The second-order valence-electron chi connectivity index (χ2n) is 9.28. The average molecular weight is 521 g/mol. The van der Waals surface area contributed by atoms with Crippen LogP contribution in [0.2, 0.25) is 0 Å². The summed E-state index contributed by atoms with van der Waals surface area (Å²) in [4.78, 5) is 24.4. The van der Waals surface area contributed by atoms with Gasteiger partial charge in [0.25, 0.3) is 0 Å². The molecule has 2 aromatic carbocycles. The molecule has 0 spiro atoms. The first-order chi connectivity index (χ1) is 19.0. The van der Waals surface area contributed by atoms with E-state index in [2.05, 4.69) is 30.5 Å². The minimum atomic E-state index is -0.362. The van der Waals surface area contributed by atoms with Gasteiger partial charge < -0.3 is 15.0 Å². The van der Waals surface area contributed by atoms with Crippen molar-refractivity contribution in [3.8, 4) is 39.4 Å². The molecule has 0 bridgehead atoms. The molecule has 0 aliphatic rings. The van der Waals surface area contributed by atoms with Gasteiger partial charge in [-0.3, -0.25) is 14.9 Å². The van der Waals surface area contributed by atoms with Crippen LogP contribution in [-0.2, 0) is 4.79 Å². The Balaban J connectivity index is 1.40. The van der Waals surface area contributed by atoms with E-state index in [1.54, 1.807) is 18.6 Å². The number of nitrogens with one attached hydrogen (secondary N) is 3. The third-order valence-electron chi connectivity index (χ3n) is 6.59. The Hall–Kier alpha value is -5.05. The molecule has 4 heterocycles. The monoisotopic (exact) mass is 520 g/mol. The number of anilines is 1. The summed E-state index contributed by atoms with van der Waals surface area (Å²) in [5.74, 6) is 0.0511. The molecule has 194 valence electrons. The summed E-state index contributed by atoms with van der Waals surface area (Å²) in [5.41, 5.74) is 6.97. The van der Waals surface area contributed by atoms with Crippen LogP contribution in [0.4, 0.5) is 10.1 Å². The molecule has 1 amide bonds. The molecule has 3 N–H and O–H groups in total. The molecule has 39 heavy (non-hydrogen) atoms. The lowest BCUT2D eigenvalue weighted by Crippen LogP contribution is -2.10. The molecule has 0 atom stereocenters. The Labute approximate surface area is 223 Å². The zero-order valence-corrected chi connectivity index (χ0v) is 21.4.